The van der Waals surface area contributed by atoms with E-state index in [0.717, 1.165) is 30.9 Å². The minimum atomic E-state index is -0.451. The van der Waals surface area contributed by atoms with Gasteiger partial charge in [0.2, 0.25) is 5.95 Å². The van der Waals surface area contributed by atoms with Gasteiger partial charge in [0, 0.05) is 42.0 Å². The van der Waals surface area contributed by atoms with Crippen LogP contribution in [0.5, 0.6) is 0 Å². The van der Waals surface area contributed by atoms with Crippen LogP contribution in [-0.2, 0) is 14.0 Å². The van der Waals surface area contributed by atoms with Crippen molar-refractivity contribution in [2.75, 3.05) is 56.4 Å². The maximum atomic E-state index is 13.0. The molecule has 0 bridgehead atoms. The summed E-state index contributed by atoms with van der Waals surface area (Å²) in [6.45, 7) is 9.44. The summed E-state index contributed by atoms with van der Waals surface area (Å²) in [6, 6.07) is 4.23. The summed E-state index contributed by atoms with van der Waals surface area (Å²) in [6.07, 6.45) is 5.14. The van der Waals surface area contributed by atoms with Crippen LogP contribution in [0.3, 0.4) is 0 Å². The number of thiazole rings is 1. The Labute approximate surface area is 246 Å². The van der Waals surface area contributed by atoms with E-state index in [-0.39, 0.29) is 12.0 Å². The number of benzene rings is 1. The van der Waals surface area contributed by atoms with E-state index in [1.807, 2.05) is 45.1 Å². The Morgan fingerprint density at radius 3 is 2.49 bits per heavy atom. The SMILES string of the molecule is CCOC(=O)C1(C)CCN(c2ncc(-c3cc(CI)c4sc(N5CN(C)CN(CC)C5=O)nc4c3)cn2)CC1. The Hall–Kier alpha value is -2.58. The largest absolute Gasteiger partial charge is 0.466 e. The van der Waals surface area contributed by atoms with Crippen LogP contribution in [0.15, 0.2) is 24.5 Å². The van der Waals surface area contributed by atoms with E-state index in [2.05, 4.69) is 54.5 Å². The van der Waals surface area contributed by atoms with Gasteiger partial charge in [0.05, 0.1) is 35.6 Å². The topological polar surface area (TPSA) is 95.0 Å². The second kappa shape index (κ2) is 11.5. The Balaban J connectivity index is 1.36. The van der Waals surface area contributed by atoms with Crippen molar-refractivity contribution >= 4 is 67.2 Å². The van der Waals surface area contributed by atoms with Gasteiger partial charge in [-0.05, 0) is 63.9 Å². The molecule has 2 aliphatic rings. The van der Waals surface area contributed by atoms with Gasteiger partial charge in [0.1, 0.15) is 0 Å². The number of hydrogen-bond donors (Lipinski definition) is 0. The average molecular weight is 664 g/mol. The molecule has 0 aliphatic carbocycles. The molecule has 3 aromatic rings. The number of aromatic nitrogens is 3. The maximum absolute atomic E-state index is 13.0. The van der Waals surface area contributed by atoms with Crippen molar-refractivity contribution in [1.82, 2.24) is 24.8 Å². The minimum absolute atomic E-state index is 0.00447. The standard InChI is InChI=1S/C27H34IN7O3S/c1-5-33-16-32(4)17-35(26(33)37)25-31-21-12-18(11-19(13-28)22(21)39-25)20-14-29-24(30-15-20)34-9-7-27(3,8-10-34)23(36)38-6-2/h11-12,14-15H,5-10,13,16-17H2,1-4H3. The molecule has 0 N–H and O–H groups in total. The molecule has 4 heterocycles. The number of fused-ring (bicyclic) bond motifs is 1. The van der Waals surface area contributed by atoms with Crippen LogP contribution in [0.25, 0.3) is 21.3 Å². The number of ether oxygens (including phenoxy) is 1. The van der Waals surface area contributed by atoms with Crippen molar-refractivity contribution in [3.8, 4) is 11.1 Å². The molecular weight excluding hydrogens is 629 g/mol. The molecule has 2 aromatic heterocycles. The Morgan fingerprint density at radius 2 is 1.85 bits per heavy atom. The lowest BCUT2D eigenvalue weighted by Crippen LogP contribution is -2.56. The normalized spacial score (nSPS) is 18.2. The summed E-state index contributed by atoms with van der Waals surface area (Å²) in [5.74, 6) is 0.552. The van der Waals surface area contributed by atoms with Gasteiger partial charge in [-0.3, -0.25) is 14.6 Å². The lowest BCUT2D eigenvalue weighted by molar-refractivity contribution is -0.155. The number of urea groups is 1. The third-order valence-electron chi connectivity index (χ3n) is 7.50. The number of carbonyl (C=O) groups is 2. The van der Waals surface area contributed by atoms with Crippen molar-refractivity contribution in [3.63, 3.8) is 0 Å². The summed E-state index contributed by atoms with van der Waals surface area (Å²) in [5.41, 5.74) is 3.52. The van der Waals surface area contributed by atoms with Crippen molar-refractivity contribution in [1.29, 1.82) is 0 Å². The number of hydrogen-bond acceptors (Lipinski definition) is 9. The first-order valence-electron chi connectivity index (χ1n) is 13.2. The molecule has 0 atom stereocenters. The van der Waals surface area contributed by atoms with Crippen LogP contribution in [0.2, 0.25) is 0 Å². The maximum Gasteiger partial charge on any atom is 0.328 e. The molecule has 10 nitrogen and oxygen atoms in total. The van der Waals surface area contributed by atoms with E-state index in [0.29, 0.717) is 58.4 Å². The fraction of sp³-hybridized carbons (Fsp3) is 0.519. The molecule has 2 amide bonds. The molecule has 0 radical (unpaired) electrons. The van der Waals surface area contributed by atoms with E-state index in [9.17, 15) is 9.59 Å². The van der Waals surface area contributed by atoms with Crippen LogP contribution in [0.1, 0.15) is 39.2 Å². The fourth-order valence-corrected chi connectivity index (χ4v) is 6.97. The third kappa shape index (κ3) is 5.55. The van der Waals surface area contributed by atoms with Crippen LogP contribution < -0.4 is 9.80 Å². The predicted octanol–water partition coefficient (Wildman–Crippen LogP) is 4.97. The zero-order valence-corrected chi connectivity index (χ0v) is 25.8. The Morgan fingerprint density at radius 1 is 1.13 bits per heavy atom. The lowest BCUT2D eigenvalue weighted by Gasteiger charge is -2.38. The molecular formula is C27H34IN7O3S. The first-order chi connectivity index (χ1) is 18.8. The molecule has 39 heavy (non-hydrogen) atoms. The number of nitrogens with zero attached hydrogens (tertiary/aromatic N) is 7. The molecule has 2 aliphatic heterocycles. The minimum Gasteiger partial charge on any atom is -0.466 e. The molecule has 0 unspecified atom stereocenters. The van der Waals surface area contributed by atoms with Gasteiger partial charge >= 0.3 is 12.0 Å². The highest BCUT2D eigenvalue weighted by Crippen LogP contribution is 2.37. The number of piperidine rings is 1. The number of carbonyl (C=O) groups excluding carboxylic acids is 2. The second-order valence-corrected chi connectivity index (χ2v) is 12.1. The number of alkyl halides is 1. The van der Waals surface area contributed by atoms with Crippen LogP contribution in [0, 0.1) is 5.41 Å². The van der Waals surface area contributed by atoms with Gasteiger partial charge in [-0.15, -0.1) is 0 Å². The van der Waals surface area contributed by atoms with Gasteiger partial charge < -0.3 is 14.5 Å². The fourth-order valence-electron chi connectivity index (χ4n) is 5.06. The summed E-state index contributed by atoms with van der Waals surface area (Å²) in [5, 5.41) is 0.717. The van der Waals surface area contributed by atoms with Gasteiger partial charge in [0.25, 0.3) is 0 Å². The number of esters is 1. The van der Waals surface area contributed by atoms with E-state index < -0.39 is 5.41 Å². The van der Waals surface area contributed by atoms with Crippen molar-refractivity contribution in [2.45, 2.75) is 38.0 Å². The molecule has 1 aromatic carbocycles. The number of rotatable bonds is 7. The third-order valence-corrected chi connectivity index (χ3v) is 9.49. The summed E-state index contributed by atoms with van der Waals surface area (Å²) in [4.78, 5) is 47.5. The highest BCUT2D eigenvalue weighted by molar-refractivity contribution is 14.1. The first-order valence-corrected chi connectivity index (χ1v) is 15.6. The van der Waals surface area contributed by atoms with Gasteiger partial charge in [-0.25, -0.2) is 19.7 Å². The van der Waals surface area contributed by atoms with Crippen LogP contribution >= 0.6 is 33.9 Å². The van der Waals surface area contributed by atoms with E-state index in [1.165, 1.54) is 5.56 Å². The monoisotopic (exact) mass is 663 g/mol. The molecule has 2 fully saturated rings. The summed E-state index contributed by atoms with van der Waals surface area (Å²) >= 11 is 3.94. The van der Waals surface area contributed by atoms with E-state index in [4.69, 9.17) is 9.72 Å². The van der Waals surface area contributed by atoms with Crippen LogP contribution in [0.4, 0.5) is 15.9 Å². The predicted molar refractivity (Wildman–Crippen MR) is 162 cm³/mol. The van der Waals surface area contributed by atoms with E-state index >= 15 is 0 Å². The number of anilines is 2. The smallest absolute Gasteiger partial charge is 0.328 e. The molecule has 5 rings (SSSR count). The molecule has 0 spiro atoms. The average Bonchev–Trinajstić information content (AvgIpc) is 3.38. The van der Waals surface area contributed by atoms with Gasteiger partial charge in [-0.1, -0.05) is 33.9 Å². The molecule has 12 heteroatoms. The highest BCUT2D eigenvalue weighted by Gasteiger charge is 2.38. The quantitative estimate of drug-likeness (QED) is 0.199. The van der Waals surface area contributed by atoms with Gasteiger partial charge in [-0.2, -0.15) is 0 Å². The Kier molecular flexibility index (Phi) is 8.24. The lowest BCUT2D eigenvalue weighted by atomic mass is 9.80. The molecule has 0 saturated carbocycles. The number of amides is 2. The number of halogens is 1. The first kappa shape index (κ1) is 28.0. The molecule has 208 valence electrons. The zero-order chi connectivity index (χ0) is 27.7. The highest BCUT2D eigenvalue weighted by atomic mass is 127. The second-order valence-electron chi connectivity index (χ2n) is 10.4. The molecule has 2 saturated heterocycles. The van der Waals surface area contributed by atoms with Gasteiger partial charge in [0.15, 0.2) is 5.13 Å². The summed E-state index contributed by atoms with van der Waals surface area (Å²) < 4.78 is 7.20. The summed E-state index contributed by atoms with van der Waals surface area (Å²) in [7, 11) is 2.01. The van der Waals surface area contributed by atoms with Crippen molar-refractivity contribution in [3.05, 3.63) is 30.1 Å². The zero-order valence-electron chi connectivity index (χ0n) is 22.8. The Bertz CT molecular complexity index is 1360. The van der Waals surface area contributed by atoms with Crippen molar-refractivity contribution in [2.24, 2.45) is 5.41 Å². The van der Waals surface area contributed by atoms with Crippen LogP contribution in [-0.4, -0.2) is 83.4 Å². The van der Waals surface area contributed by atoms with E-state index in [1.54, 1.807) is 16.2 Å². The van der Waals surface area contributed by atoms with Crippen molar-refractivity contribution < 1.29 is 14.3 Å².